The van der Waals surface area contributed by atoms with Gasteiger partial charge in [-0.15, -0.1) is 0 Å². The monoisotopic (exact) mass is 284 g/mol. The molecule has 21 heavy (non-hydrogen) atoms. The number of halogens is 1. The second-order valence-electron chi connectivity index (χ2n) is 4.96. The summed E-state index contributed by atoms with van der Waals surface area (Å²) < 4.78 is 12.8. The number of rotatable bonds is 4. The van der Waals surface area contributed by atoms with E-state index in [0.717, 1.165) is 16.7 Å². The molecule has 0 heterocycles. The van der Waals surface area contributed by atoms with Gasteiger partial charge in [0, 0.05) is 0 Å². The van der Waals surface area contributed by atoms with Gasteiger partial charge in [0.15, 0.2) is 0 Å². The zero-order valence-corrected chi connectivity index (χ0v) is 12.1. The highest BCUT2D eigenvalue weighted by molar-refractivity contribution is 5.84. The molecule has 108 valence electrons. The third kappa shape index (κ3) is 4.53. The van der Waals surface area contributed by atoms with E-state index in [2.05, 4.69) is 16.6 Å². The van der Waals surface area contributed by atoms with Crippen molar-refractivity contribution in [2.75, 3.05) is 0 Å². The van der Waals surface area contributed by atoms with Crippen LogP contribution in [0, 0.1) is 19.7 Å². The first-order chi connectivity index (χ1) is 10.0. The van der Waals surface area contributed by atoms with Crippen LogP contribution >= 0.6 is 0 Å². The first kappa shape index (κ1) is 14.9. The molecule has 0 radical (unpaired) electrons. The van der Waals surface area contributed by atoms with Gasteiger partial charge in [0.2, 0.25) is 5.91 Å². The Bertz CT molecular complexity index is 663. The summed E-state index contributed by atoms with van der Waals surface area (Å²) in [4.78, 5) is 11.7. The van der Waals surface area contributed by atoms with E-state index in [4.69, 9.17) is 0 Å². The van der Waals surface area contributed by atoms with E-state index in [1.165, 1.54) is 17.7 Å². The van der Waals surface area contributed by atoms with Crippen LogP contribution in [0.4, 0.5) is 4.39 Å². The summed E-state index contributed by atoms with van der Waals surface area (Å²) in [5.74, 6) is -0.547. The Morgan fingerprint density at radius 1 is 1.19 bits per heavy atom. The van der Waals surface area contributed by atoms with Gasteiger partial charge in [-0.1, -0.05) is 35.9 Å². The lowest BCUT2D eigenvalue weighted by molar-refractivity contribution is -0.120. The smallest absolute Gasteiger partial charge is 0.244 e. The molecule has 0 aliphatic rings. The molecule has 4 heteroatoms. The Kier molecular flexibility index (Phi) is 4.82. The highest BCUT2D eigenvalue weighted by Gasteiger charge is 2.02. The molecular weight excluding hydrogens is 267 g/mol. The van der Waals surface area contributed by atoms with Crippen LogP contribution in [0.15, 0.2) is 47.6 Å². The molecule has 0 bridgehead atoms. The zero-order chi connectivity index (χ0) is 15.2. The van der Waals surface area contributed by atoms with Crippen molar-refractivity contribution in [3.8, 4) is 0 Å². The molecule has 0 aromatic heterocycles. The summed E-state index contributed by atoms with van der Waals surface area (Å²) in [5, 5.41) is 3.95. The number of carbonyl (C=O) groups is 1. The van der Waals surface area contributed by atoms with Crippen LogP contribution in [0.2, 0.25) is 0 Å². The van der Waals surface area contributed by atoms with E-state index in [9.17, 15) is 9.18 Å². The maximum atomic E-state index is 12.8. The van der Waals surface area contributed by atoms with Gasteiger partial charge in [-0.25, -0.2) is 9.82 Å². The number of aryl methyl sites for hydroxylation is 2. The molecule has 2 aromatic carbocycles. The number of nitrogens with zero attached hydrogens (tertiary/aromatic N) is 1. The summed E-state index contributed by atoms with van der Waals surface area (Å²) in [6.07, 6.45) is 1.79. The van der Waals surface area contributed by atoms with Crippen LogP contribution in [-0.4, -0.2) is 12.1 Å². The van der Waals surface area contributed by atoms with Gasteiger partial charge in [-0.3, -0.25) is 4.79 Å². The predicted octanol–water partition coefficient (Wildman–Crippen LogP) is 3.14. The van der Waals surface area contributed by atoms with E-state index in [0.29, 0.717) is 0 Å². The minimum absolute atomic E-state index is 0.171. The standard InChI is InChI=1S/C17H17FN2O/c1-12-3-6-15(13(2)9-12)11-19-20-17(21)10-14-4-7-16(18)8-5-14/h3-9,11H,10H2,1-2H3,(H,20,21)/b19-11+. The Morgan fingerprint density at radius 3 is 2.57 bits per heavy atom. The van der Waals surface area contributed by atoms with E-state index in [1.807, 2.05) is 26.0 Å². The quantitative estimate of drug-likeness (QED) is 0.680. The van der Waals surface area contributed by atoms with E-state index < -0.39 is 0 Å². The van der Waals surface area contributed by atoms with Crippen molar-refractivity contribution < 1.29 is 9.18 Å². The molecule has 3 nitrogen and oxygen atoms in total. The largest absolute Gasteiger partial charge is 0.273 e. The molecule has 0 aliphatic carbocycles. The molecule has 0 fully saturated rings. The maximum absolute atomic E-state index is 12.8. The van der Waals surface area contributed by atoms with Crippen molar-refractivity contribution in [1.29, 1.82) is 0 Å². The minimum Gasteiger partial charge on any atom is -0.273 e. The number of nitrogens with one attached hydrogen (secondary N) is 1. The van der Waals surface area contributed by atoms with Crippen molar-refractivity contribution in [2.45, 2.75) is 20.3 Å². The molecule has 1 N–H and O–H groups in total. The Labute approximate surface area is 123 Å². The summed E-state index contributed by atoms with van der Waals surface area (Å²) in [5.41, 5.74) is 6.47. The molecule has 0 saturated carbocycles. The highest BCUT2D eigenvalue weighted by atomic mass is 19.1. The fourth-order valence-corrected chi connectivity index (χ4v) is 1.97. The van der Waals surface area contributed by atoms with Crippen molar-refractivity contribution >= 4 is 12.1 Å². The lowest BCUT2D eigenvalue weighted by atomic mass is 10.1. The van der Waals surface area contributed by atoms with Crippen LogP contribution in [0.25, 0.3) is 0 Å². The van der Waals surface area contributed by atoms with Gasteiger partial charge in [0.25, 0.3) is 0 Å². The Morgan fingerprint density at radius 2 is 1.90 bits per heavy atom. The molecule has 2 rings (SSSR count). The maximum Gasteiger partial charge on any atom is 0.244 e. The van der Waals surface area contributed by atoms with Crippen LogP contribution < -0.4 is 5.43 Å². The summed E-state index contributed by atoms with van der Waals surface area (Å²) in [7, 11) is 0. The molecule has 0 spiro atoms. The zero-order valence-electron chi connectivity index (χ0n) is 12.1. The number of benzene rings is 2. The Hall–Kier alpha value is -2.49. The second-order valence-corrected chi connectivity index (χ2v) is 4.96. The first-order valence-electron chi connectivity index (χ1n) is 6.68. The molecular formula is C17H17FN2O. The molecule has 0 unspecified atom stereocenters. The van der Waals surface area contributed by atoms with E-state index >= 15 is 0 Å². The van der Waals surface area contributed by atoms with Crippen molar-refractivity contribution in [3.05, 3.63) is 70.5 Å². The second kappa shape index (κ2) is 6.79. The minimum atomic E-state index is -0.313. The number of amides is 1. The first-order valence-corrected chi connectivity index (χ1v) is 6.68. The van der Waals surface area contributed by atoms with E-state index in [1.54, 1.807) is 18.3 Å². The van der Waals surface area contributed by atoms with Crippen LogP contribution in [-0.2, 0) is 11.2 Å². The van der Waals surface area contributed by atoms with E-state index in [-0.39, 0.29) is 18.1 Å². The van der Waals surface area contributed by atoms with Gasteiger partial charge < -0.3 is 0 Å². The molecule has 2 aromatic rings. The van der Waals surface area contributed by atoms with Crippen molar-refractivity contribution in [2.24, 2.45) is 5.10 Å². The summed E-state index contributed by atoms with van der Waals surface area (Å²) >= 11 is 0. The van der Waals surface area contributed by atoms with Gasteiger partial charge >= 0.3 is 0 Å². The van der Waals surface area contributed by atoms with Crippen LogP contribution in [0.3, 0.4) is 0 Å². The Balaban J connectivity index is 1.91. The molecule has 0 atom stereocenters. The van der Waals surface area contributed by atoms with Gasteiger partial charge in [-0.2, -0.15) is 5.10 Å². The van der Waals surface area contributed by atoms with Crippen LogP contribution in [0.1, 0.15) is 22.3 Å². The molecule has 1 amide bonds. The van der Waals surface area contributed by atoms with Gasteiger partial charge in [0.05, 0.1) is 12.6 Å². The third-order valence-corrected chi connectivity index (χ3v) is 3.10. The lowest BCUT2D eigenvalue weighted by Gasteiger charge is -2.02. The predicted molar refractivity (Wildman–Crippen MR) is 81.8 cm³/mol. The fourth-order valence-electron chi connectivity index (χ4n) is 1.97. The highest BCUT2D eigenvalue weighted by Crippen LogP contribution is 2.08. The number of hydrazone groups is 1. The van der Waals surface area contributed by atoms with Crippen molar-refractivity contribution in [1.82, 2.24) is 5.43 Å². The summed E-state index contributed by atoms with van der Waals surface area (Å²) in [6, 6.07) is 11.9. The average molecular weight is 284 g/mol. The summed E-state index contributed by atoms with van der Waals surface area (Å²) in [6.45, 7) is 4.02. The fraction of sp³-hybridized carbons (Fsp3) is 0.176. The van der Waals surface area contributed by atoms with Gasteiger partial charge in [-0.05, 0) is 42.7 Å². The topological polar surface area (TPSA) is 41.5 Å². The number of hydrogen-bond acceptors (Lipinski definition) is 2. The number of hydrogen-bond donors (Lipinski definition) is 1. The van der Waals surface area contributed by atoms with Crippen molar-refractivity contribution in [3.63, 3.8) is 0 Å². The number of carbonyl (C=O) groups excluding carboxylic acids is 1. The average Bonchev–Trinajstić information content (AvgIpc) is 2.44. The SMILES string of the molecule is Cc1ccc(/C=N/NC(=O)Cc2ccc(F)cc2)c(C)c1. The normalized spacial score (nSPS) is 10.8. The molecule has 0 saturated heterocycles. The van der Waals surface area contributed by atoms with Gasteiger partial charge in [0.1, 0.15) is 5.82 Å². The van der Waals surface area contributed by atoms with Crippen LogP contribution in [0.5, 0.6) is 0 Å². The third-order valence-electron chi connectivity index (χ3n) is 3.10. The lowest BCUT2D eigenvalue weighted by Crippen LogP contribution is -2.19. The molecule has 0 aliphatic heterocycles.